The molecular weight excluding hydrogens is 319 g/mol. The van der Waals surface area contributed by atoms with E-state index in [1.165, 1.54) is 12.1 Å². The van der Waals surface area contributed by atoms with Crippen molar-refractivity contribution in [2.45, 2.75) is 6.36 Å². The Labute approximate surface area is 130 Å². The van der Waals surface area contributed by atoms with Crippen molar-refractivity contribution in [3.63, 3.8) is 0 Å². The van der Waals surface area contributed by atoms with Crippen LogP contribution in [0.5, 0.6) is 11.5 Å². The normalized spacial score (nSPS) is 11.3. The molecule has 0 aliphatic carbocycles. The standard InChI is InChI=1S/C15H13ClF3NO2/c16-11-3-1-2-10(8-11)13-5-4-12(21-7-6-20)9-14(13)22-15(17,18)19/h1-5,8-9H,6-7,20H2. The van der Waals surface area contributed by atoms with Crippen LogP contribution < -0.4 is 15.2 Å². The zero-order chi connectivity index (χ0) is 16.2. The van der Waals surface area contributed by atoms with Crippen LogP contribution in [0.25, 0.3) is 11.1 Å². The zero-order valence-electron chi connectivity index (χ0n) is 11.4. The van der Waals surface area contributed by atoms with Gasteiger partial charge in [0.05, 0.1) is 0 Å². The molecule has 0 saturated carbocycles. The lowest BCUT2D eigenvalue weighted by atomic mass is 10.0. The van der Waals surface area contributed by atoms with E-state index in [2.05, 4.69) is 4.74 Å². The predicted molar refractivity (Wildman–Crippen MR) is 78.1 cm³/mol. The number of hydrogen-bond acceptors (Lipinski definition) is 3. The summed E-state index contributed by atoms with van der Waals surface area (Å²) in [5, 5.41) is 0.416. The molecule has 3 nitrogen and oxygen atoms in total. The maximum Gasteiger partial charge on any atom is 0.573 e. The number of nitrogens with two attached hydrogens (primary N) is 1. The van der Waals surface area contributed by atoms with Crippen molar-refractivity contribution in [3.8, 4) is 22.6 Å². The molecule has 0 heterocycles. The predicted octanol–water partition coefficient (Wildman–Crippen LogP) is 4.24. The van der Waals surface area contributed by atoms with E-state index in [0.717, 1.165) is 0 Å². The molecule has 0 saturated heterocycles. The molecular formula is C15H13ClF3NO2. The van der Waals surface area contributed by atoms with Crippen molar-refractivity contribution in [1.29, 1.82) is 0 Å². The fourth-order valence-corrected chi connectivity index (χ4v) is 2.06. The van der Waals surface area contributed by atoms with Gasteiger partial charge in [0.2, 0.25) is 0 Å². The maximum atomic E-state index is 12.6. The highest BCUT2D eigenvalue weighted by atomic mass is 35.5. The Morgan fingerprint density at radius 1 is 1.09 bits per heavy atom. The molecule has 0 spiro atoms. The van der Waals surface area contributed by atoms with E-state index in [0.29, 0.717) is 10.6 Å². The van der Waals surface area contributed by atoms with Gasteiger partial charge >= 0.3 is 6.36 Å². The van der Waals surface area contributed by atoms with Crippen LogP contribution >= 0.6 is 11.6 Å². The zero-order valence-corrected chi connectivity index (χ0v) is 12.1. The van der Waals surface area contributed by atoms with Crippen molar-refractivity contribution in [3.05, 3.63) is 47.5 Å². The Morgan fingerprint density at radius 2 is 1.86 bits per heavy atom. The molecule has 2 N–H and O–H groups in total. The van der Waals surface area contributed by atoms with E-state index in [1.54, 1.807) is 30.3 Å². The second-order valence-corrected chi connectivity index (χ2v) is 4.79. The van der Waals surface area contributed by atoms with Gasteiger partial charge in [-0.3, -0.25) is 0 Å². The van der Waals surface area contributed by atoms with E-state index >= 15 is 0 Å². The average molecular weight is 332 g/mol. The van der Waals surface area contributed by atoms with Crippen molar-refractivity contribution < 1.29 is 22.6 Å². The summed E-state index contributed by atoms with van der Waals surface area (Å²) >= 11 is 5.88. The van der Waals surface area contributed by atoms with E-state index in [-0.39, 0.29) is 30.2 Å². The Hall–Kier alpha value is -1.92. The average Bonchev–Trinajstić information content (AvgIpc) is 2.43. The number of alkyl halides is 3. The van der Waals surface area contributed by atoms with Crippen molar-refractivity contribution in [2.24, 2.45) is 5.73 Å². The van der Waals surface area contributed by atoms with Crippen LogP contribution in [0.4, 0.5) is 13.2 Å². The third-order valence-corrected chi connectivity index (χ3v) is 2.94. The van der Waals surface area contributed by atoms with Gasteiger partial charge in [0.1, 0.15) is 18.1 Å². The summed E-state index contributed by atoms with van der Waals surface area (Å²) in [6.07, 6.45) is -4.81. The molecule has 0 aliphatic rings. The number of ether oxygens (including phenoxy) is 2. The van der Waals surface area contributed by atoms with Crippen LogP contribution in [0.1, 0.15) is 0 Å². The molecule has 22 heavy (non-hydrogen) atoms. The fourth-order valence-electron chi connectivity index (χ4n) is 1.87. The van der Waals surface area contributed by atoms with Crippen LogP contribution in [0, 0.1) is 0 Å². The smallest absolute Gasteiger partial charge is 0.492 e. The first-order valence-corrected chi connectivity index (χ1v) is 6.75. The third-order valence-electron chi connectivity index (χ3n) is 2.70. The maximum absolute atomic E-state index is 12.6. The van der Waals surface area contributed by atoms with Crippen LogP contribution in [-0.2, 0) is 0 Å². The van der Waals surface area contributed by atoms with Crippen LogP contribution in [0.3, 0.4) is 0 Å². The van der Waals surface area contributed by atoms with Gasteiger partial charge in [0.15, 0.2) is 0 Å². The summed E-state index contributed by atoms with van der Waals surface area (Å²) < 4.78 is 47.1. The van der Waals surface area contributed by atoms with Crippen molar-refractivity contribution in [2.75, 3.05) is 13.2 Å². The SMILES string of the molecule is NCCOc1ccc(-c2cccc(Cl)c2)c(OC(F)(F)F)c1. The molecule has 2 aromatic rings. The van der Waals surface area contributed by atoms with Gasteiger partial charge in [-0.05, 0) is 29.8 Å². The lowest BCUT2D eigenvalue weighted by Gasteiger charge is -2.15. The first-order valence-electron chi connectivity index (χ1n) is 6.37. The highest BCUT2D eigenvalue weighted by molar-refractivity contribution is 6.30. The molecule has 2 rings (SSSR count). The van der Waals surface area contributed by atoms with E-state index < -0.39 is 6.36 Å². The van der Waals surface area contributed by atoms with Crippen LogP contribution in [-0.4, -0.2) is 19.5 Å². The minimum atomic E-state index is -4.81. The van der Waals surface area contributed by atoms with Gasteiger partial charge in [-0.25, -0.2) is 0 Å². The third kappa shape index (κ3) is 4.54. The lowest BCUT2D eigenvalue weighted by molar-refractivity contribution is -0.274. The summed E-state index contributed by atoms with van der Waals surface area (Å²) in [5.74, 6) is -0.111. The molecule has 118 valence electrons. The molecule has 0 atom stereocenters. The summed E-state index contributed by atoms with van der Waals surface area (Å²) in [6, 6.07) is 10.7. The van der Waals surface area contributed by atoms with Crippen LogP contribution in [0.2, 0.25) is 5.02 Å². The fraction of sp³-hybridized carbons (Fsp3) is 0.200. The van der Waals surface area contributed by atoms with E-state index in [9.17, 15) is 13.2 Å². The minimum absolute atomic E-state index is 0.196. The van der Waals surface area contributed by atoms with Crippen molar-refractivity contribution in [1.82, 2.24) is 0 Å². The molecule has 0 amide bonds. The topological polar surface area (TPSA) is 44.5 Å². The highest BCUT2D eigenvalue weighted by Gasteiger charge is 2.32. The quantitative estimate of drug-likeness (QED) is 0.891. The number of halogens is 4. The molecule has 0 bridgehead atoms. The molecule has 0 aliphatic heterocycles. The summed E-state index contributed by atoms with van der Waals surface area (Å²) in [4.78, 5) is 0. The van der Waals surface area contributed by atoms with Gasteiger partial charge in [-0.15, -0.1) is 13.2 Å². The first kappa shape index (κ1) is 16.5. The van der Waals surface area contributed by atoms with Gasteiger partial charge in [0.25, 0.3) is 0 Å². The van der Waals surface area contributed by atoms with Gasteiger partial charge in [-0.2, -0.15) is 0 Å². The molecule has 7 heteroatoms. The van der Waals surface area contributed by atoms with Gasteiger partial charge < -0.3 is 15.2 Å². The van der Waals surface area contributed by atoms with Gasteiger partial charge in [-0.1, -0.05) is 23.7 Å². The Balaban J connectivity index is 2.43. The second-order valence-electron chi connectivity index (χ2n) is 4.35. The van der Waals surface area contributed by atoms with E-state index in [4.69, 9.17) is 22.1 Å². The molecule has 2 aromatic carbocycles. The molecule has 0 radical (unpaired) electrons. The highest BCUT2D eigenvalue weighted by Crippen LogP contribution is 2.37. The Morgan fingerprint density at radius 3 is 2.50 bits per heavy atom. The Kier molecular flexibility index (Phi) is 5.15. The molecule has 0 fully saturated rings. The largest absolute Gasteiger partial charge is 0.573 e. The monoisotopic (exact) mass is 331 g/mol. The van der Waals surface area contributed by atoms with Gasteiger partial charge in [0, 0.05) is 23.2 Å². The van der Waals surface area contributed by atoms with E-state index in [1.807, 2.05) is 0 Å². The molecule has 0 unspecified atom stereocenters. The molecule has 0 aromatic heterocycles. The summed E-state index contributed by atoms with van der Waals surface area (Å²) in [5.41, 5.74) is 6.08. The van der Waals surface area contributed by atoms with Crippen LogP contribution in [0.15, 0.2) is 42.5 Å². The summed E-state index contributed by atoms with van der Waals surface area (Å²) in [6.45, 7) is 0.452. The number of benzene rings is 2. The minimum Gasteiger partial charge on any atom is -0.492 e. The summed E-state index contributed by atoms with van der Waals surface area (Å²) in [7, 11) is 0. The second kappa shape index (κ2) is 6.89. The lowest BCUT2D eigenvalue weighted by Crippen LogP contribution is -2.18. The Bertz CT molecular complexity index is 647. The number of hydrogen-bond donors (Lipinski definition) is 1. The number of rotatable bonds is 5. The van der Waals surface area contributed by atoms with Crippen molar-refractivity contribution >= 4 is 11.6 Å². The first-order chi connectivity index (χ1) is 10.4.